The zero-order valence-electron chi connectivity index (χ0n) is 16.1. The van der Waals surface area contributed by atoms with Gasteiger partial charge in [-0.3, -0.25) is 9.36 Å². The van der Waals surface area contributed by atoms with E-state index in [1.165, 1.54) is 6.33 Å². The number of amides is 1. The molecule has 0 spiro atoms. The highest BCUT2D eigenvalue weighted by molar-refractivity contribution is 5.76. The van der Waals surface area contributed by atoms with Crippen LogP contribution < -0.4 is 15.4 Å². The monoisotopic (exact) mass is 380 g/mol. The average molecular weight is 380 g/mol. The summed E-state index contributed by atoms with van der Waals surface area (Å²) in [5, 5.41) is 6.11. The number of nitrogens with one attached hydrogen (secondary N) is 2. The van der Waals surface area contributed by atoms with Gasteiger partial charge in [0.05, 0.1) is 7.11 Å². The lowest BCUT2D eigenvalue weighted by Crippen LogP contribution is -2.29. The van der Waals surface area contributed by atoms with Crippen molar-refractivity contribution in [1.82, 2.24) is 24.8 Å². The van der Waals surface area contributed by atoms with Crippen molar-refractivity contribution in [3.05, 3.63) is 60.4 Å². The lowest BCUT2D eigenvalue weighted by atomic mass is 10.1. The first-order chi connectivity index (χ1) is 13.7. The molecule has 0 unspecified atom stereocenters. The van der Waals surface area contributed by atoms with Crippen molar-refractivity contribution in [2.75, 3.05) is 25.5 Å². The Morgan fingerprint density at radius 1 is 1.14 bits per heavy atom. The molecule has 0 aliphatic heterocycles. The minimum atomic E-state index is 0.0232. The van der Waals surface area contributed by atoms with Gasteiger partial charge in [0.2, 0.25) is 5.91 Å². The molecular formula is C20H24N6O2. The second-order valence-electron chi connectivity index (χ2n) is 6.23. The van der Waals surface area contributed by atoms with E-state index in [0.717, 1.165) is 23.0 Å². The van der Waals surface area contributed by atoms with Crippen LogP contribution in [0, 0.1) is 6.92 Å². The van der Waals surface area contributed by atoms with Crippen LogP contribution in [0.15, 0.2) is 49.1 Å². The van der Waals surface area contributed by atoms with Gasteiger partial charge in [-0.2, -0.15) is 0 Å². The fourth-order valence-electron chi connectivity index (χ4n) is 2.73. The van der Waals surface area contributed by atoms with E-state index in [-0.39, 0.29) is 5.91 Å². The molecule has 0 saturated heterocycles. The highest BCUT2D eigenvalue weighted by atomic mass is 16.5. The average Bonchev–Trinajstić information content (AvgIpc) is 3.16. The van der Waals surface area contributed by atoms with Crippen molar-refractivity contribution in [2.24, 2.45) is 0 Å². The number of hydrogen-bond donors (Lipinski definition) is 2. The maximum absolute atomic E-state index is 12.0. The first-order valence-corrected chi connectivity index (χ1v) is 9.11. The van der Waals surface area contributed by atoms with E-state index in [1.54, 1.807) is 13.3 Å². The molecule has 0 fully saturated rings. The normalized spacial score (nSPS) is 10.5. The van der Waals surface area contributed by atoms with Gasteiger partial charge in [0.1, 0.15) is 29.5 Å². The molecule has 0 saturated carbocycles. The smallest absolute Gasteiger partial charge is 0.220 e. The molecule has 0 atom stereocenters. The van der Waals surface area contributed by atoms with Crippen LogP contribution in [0.1, 0.15) is 17.8 Å². The maximum atomic E-state index is 12.0. The number of aryl methyl sites for hydroxylation is 2. The third-order valence-corrected chi connectivity index (χ3v) is 4.28. The zero-order valence-corrected chi connectivity index (χ0v) is 16.1. The number of methoxy groups -OCH3 is 1. The number of rotatable bonds is 9. The number of nitrogens with zero attached hydrogens (tertiary/aromatic N) is 4. The van der Waals surface area contributed by atoms with E-state index in [4.69, 9.17) is 4.74 Å². The number of benzene rings is 1. The Labute approximate surface area is 164 Å². The number of aromatic nitrogens is 4. The molecule has 0 aliphatic rings. The van der Waals surface area contributed by atoms with Gasteiger partial charge >= 0.3 is 0 Å². The Morgan fingerprint density at radius 2 is 1.96 bits per heavy atom. The van der Waals surface area contributed by atoms with Gasteiger partial charge in [0.15, 0.2) is 0 Å². The largest absolute Gasteiger partial charge is 0.497 e. The number of ether oxygens (including phenoxy) is 1. The SMILES string of the molecule is COc1ccc(CCC(=O)NCCNc2cc(-n3ccnc3C)ncn2)cc1. The van der Waals surface area contributed by atoms with Gasteiger partial charge in [0.25, 0.3) is 0 Å². The van der Waals surface area contributed by atoms with Crippen LogP contribution in [0.25, 0.3) is 5.82 Å². The molecule has 1 amide bonds. The molecule has 0 bridgehead atoms. The fraction of sp³-hybridized carbons (Fsp3) is 0.300. The van der Waals surface area contributed by atoms with E-state index >= 15 is 0 Å². The van der Waals surface area contributed by atoms with Crippen molar-refractivity contribution in [1.29, 1.82) is 0 Å². The molecule has 28 heavy (non-hydrogen) atoms. The third kappa shape index (κ3) is 5.29. The lowest BCUT2D eigenvalue weighted by Gasteiger charge is -2.09. The minimum absolute atomic E-state index is 0.0232. The second kappa shape index (κ2) is 9.50. The number of carbonyl (C=O) groups excluding carboxylic acids is 1. The predicted octanol–water partition coefficient (Wildman–Crippen LogP) is 2.14. The summed E-state index contributed by atoms with van der Waals surface area (Å²) in [6.45, 7) is 3.01. The van der Waals surface area contributed by atoms with Gasteiger partial charge in [-0.1, -0.05) is 12.1 Å². The molecule has 8 nitrogen and oxygen atoms in total. The summed E-state index contributed by atoms with van der Waals surface area (Å²) in [5.41, 5.74) is 1.11. The van der Waals surface area contributed by atoms with Gasteiger partial charge in [0, 0.05) is 38.0 Å². The molecule has 3 aromatic rings. The van der Waals surface area contributed by atoms with Crippen molar-refractivity contribution in [2.45, 2.75) is 19.8 Å². The molecule has 0 radical (unpaired) electrons. The fourth-order valence-corrected chi connectivity index (χ4v) is 2.73. The van der Waals surface area contributed by atoms with Crippen molar-refractivity contribution >= 4 is 11.7 Å². The topological polar surface area (TPSA) is 94.0 Å². The predicted molar refractivity (Wildman–Crippen MR) is 107 cm³/mol. The second-order valence-corrected chi connectivity index (χ2v) is 6.23. The molecule has 1 aromatic carbocycles. The summed E-state index contributed by atoms with van der Waals surface area (Å²) in [7, 11) is 1.64. The molecule has 0 aliphatic carbocycles. The van der Waals surface area contributed by atoms with E-state index < -0.39 is 0 Å². The summed E-state index contributed by atoms with van der Waals surface area (Å²) < 4.78 is 7.01. The summed E-state index contributed by atoms with van der Waals surface area (Å²) in [4.78, 5) is 24.7. The van der Waals surface area contributed by atoms with Crippen LogP contribution >= 0.6 is 0 Å². The van der Waals surface area contributed by atoms with Crippen LogP contribution in [0.2, 0.25) is 0 Å². The Kier molecular flexibility index (Phi) is 6.56. The van der Waals surface area contributed by atoms with Crippen LogP contribution in [0.5, 0.6) is 5.75 Å². The molecule has 3 rings (SSSR count). The number of imidazole rings is 1. The van der Waals surface area contributed by atoms with Gasteiger partial charge in [-0.05, 0) is 31.0 Å². The first kappa shape index (κ1) is 19.3. The molecule has 2 N–H and O–H groups in total. The van der Waals surface area contributed by atoms with E-state index in [2.05, 4.69) is 25.6 Å². The van der Waals surface area contributed by atoms with E-state index in [0.29, 0.717) is 31.7 Å². The van der Waals surface area contributed by atoms with E-state index in [1.807, 2.05) is 48.0 Å². The zero-order chi connectivity index (χ0) is 19.8. The van der Waals surface area contributed by atoms with E-state index in [9.17, 15) is 4.79 Å². The molecule has 2 heterocycles. The summed E-state index contributed by atoms with van der Waals surface area (Å²) in [6, 6.07) is 9.60. The van der Waals surface area contributed by atoms with Gasteiger partial charge < -0.3 is 15.4 Å². The Hall–Kier alpha value is -3.42. The van der Waals surface area contributed by atoms with Crippen LogP contribution in [0.3, 0.4) is 0 Å². The van der Waals surface area contributed by atoms with Crippen molar-refractivity contribution in [3.8, 4) is 11.6 Å². The standard InChI is InChI=1S/C20H24N6O2/c1-15-21-11-12-26(15)19-13-18(24-14-25-19)22-9-10-23-20(27)8-5-16-3-6-17(28-2)7-4-16/h3-4,6-7,11-14H,5,8-10H2,1-2H3,(H,23,27)(H,22,24,25). The Morgan fingerprint density at radius 3 is 2.68 bits per heavy atom. The van der Waals surface area contributed by atoms with Crippen LogP contribution in [-0.2, 0) is 11.2 Å². The van der Waals surface area contributed by atoms with Gasteiger partial charge in [-0.15, -0.1) is 0 Å². The number of anilines is 1. The van der Waals surface area contributed by atoms with Crippen LogP contribution in [0.4, 0.5) is 5.82 Å². The maximum Gasteiger partial charge on any atom is 0.220 e. The van der Waals surface area contributed by atoms with Crippen molar-refractivity contribution < 1.29 is 9.53 Å². The quantitative estimate of drug-likeness (QED) is 0.553. The van der Waals surface area contributed by atoms with Gasteiger partial charge in [-0.25, -0.2) is 15.0 Å². The highest BCUT2D eigenvalue weighted by Crippen LogP contribution is 2.12. The first-order valence-electron chi connectivity index (χ1n) is 9.11. The Balaban J connectivity index is 1.39. The molecule has 8 heteroatoms. The molecular weight excluding hydrogens is 356 g/mol. The number of carbonyl (C=O) groups is 1. The summed E-state index contributed by atoms with van der Waals surface area (Å²) >= 11 is 0. The minimum Gasteiger partial charge on any atom is -0.497 e. The van der Waals surface area contributed by atoms with Crippen LogP contribution in [-0.4, -0.2) is 45.6 Å². The molecule has 146 valence electrons. The Bertz CT molecular complexity index is 907. The highest BCUT2D eigenvalue weighted by Gasteiger charge is 2.05. The lowest BCUT2D eigenvalue weighted by molar-refractivity contribution is -0.120. The van der Waals surface area contributed by atoms with Crippen molar-refractivity contribution in [3.63, 3.8) is 0 Å². The summed E-state index contributed by atoms with van der Waals surface area (Å²) in [5.74, 6) is 3.14. The molecule has 2 aromatic heterocycles. The number of hydrogen-bond acceptors (Lipinski definition) is 6. The summed E-state index contributed by atoms with van der Waals surface area (Å²) in [6.07, 6.45) is 6.23. The third-order valence-electron chi connectivity index (χ3n) is 4.28.